The van der Waals surface area contributed by atoms with Crippen molar-refractivity contribution in [2.75, 3.05) is 28.4 Å². The molecule has 0 aliphatic heterocycles. The summed E-state index contributed by atoms with van der Waals surface area (Å²) in [5.41, 5.74) is 1.18. The van der Waals surface area contributed by atoms with Crippen LogP contribution < -0.4 is 23.7 Å². The maximum atomic E-state index is 12.9. The zero-order chi connectivity index (χ0) is 20.3. The van der Waals surface area contributed by atoms with Crippen molar-refractivity contribution in [1.29, 1.82) is 0 Å². The van der Waals surface area contributed by atoms with Crippen LogP contribution in [0.1, 0.15) is 17.3 Å². The van der Waals surface area contributed by atoms with E-state index in [1.54, 1.807) is 32.4 Å². The predicted octanol–water partition coefficient (Wildman–Crippen LogP) is 3.50. The molecule has 148 valence electrons. The molecule has 7 nitrogen and oxygen atoms in total. The second kappa shape index (κ2) is 8.35. The fraction of sp³-hybridized carbons (Fsp3) is 0.300. The number of para-hydroxylation sites is 1. The monoisotopic (exact) mass is 402 g/mol. The Morgan fingerprint density at radius 1 is 0.964 bits per heavy atom. The highest BCUT2D eigenvalue weighted by atomic mass is 32.1. The minimum Gasteiger partial charge on any atom is -0.495 e. The number of methoxy groups -OCH3 is 4. The van der Waals surface area contributed by atoms with Crippen LogP contribution in [0.5, 0.6) is 23.0 Å². The number of aromatic nitrogens is 1. The Kier molecular flexibility index (Phi) is 5.89. The van der Waals surface area contributed by atoms with E-state index in [1.807, 2.05) is 23.6 Å². The first-order valence-electron chi connectivity index (χ1n) is 8.63. The van der Waals surface area contributed by atoms with Crippen molar-refractivity contribution in [1.82, 2.24) is 4.57 Å². The predicted molar refractivity (Wildman–Crippen MR) is 108 cm³/mol. The molecule has 0 spiro atoms. The number of amides is 1. The van der Waals surface area contributed by atoms with Crippen LogP contribution in [0.25, 0.3) is 10.2 Å². The van der Waals surface area contributed by atoms with Crippen molar-refractivity contribution in [2.45, 2.75) is 13.5 Å². The molecule has 1 aromatic heterocycles. The molecule has 0 saturated heterocycles. The van der Waals surface area contributed by atoms with Gasteiger partial charge in [0.05, 0.1) is 34.0 Å². The van der Waals surface area contributed by atoms with Gasteiger partial charge in [-0.2, -0.15) is 4.99 Å². The molecule has 0 saturated carbocycles. The average molecular weight is 402 g/mol. The lowest BCUT2D eigenvalue weighted by molar-refractivity contribution is 0.0994. The number of carbonyl (C=O) groups is 1. The van der Waals surface area contributed by atoms with Crippen molar-refractivity contribution in [3.8, 4) is 23.0 Å². The summed E-state index contributed by atoms with van der Waals surface area (Å²) in [6, 6.07) is 8.81. The van der Waals surface area contributed by atoms with Crippen LogP contribution in [-0.4, -0.2) is 38.9 Å². The molecule has 0 atom stereocenters. The molecule has 2 aromatic carbocycles. The number of ether oxygens (including phenoxy) is 4. The van der Waals surface area contributed by atoms with Gasteiger partial charge in [0.25, 0.3) is 5.91 Å². The number of rotatable bonds is 6. The third-order valence-corrected chi connectivity index (χ3v) is 5.43. The third kappa shape index (κ3) is 3.31. The first-order chi connectivity index (χ1) is 13.6. The zero-order valence-corrected chi connectivity index (χ0v) is 17.3. The van der Waals surface area contributed by atoms with Gasteiger partial charge in [0, 0.05) is 6.54 Å². The summed E-state index contributed by atoms with van der Waals surface area (Å²) in [6.45, 7) is 2.60. The molecule has 8 heteroatoms. The van der Waals surface area contributed by atoms with Gasteiger partial charge in [-0.1, -0.05) is 17.4 Å². The van der Waals surface area contributed by atoms with E-state index < -0.39 is 5.91 Å². The van der Waals surface area contributed by atoms with Gasteiger partial charge >= 0.3 is 0 Å². The summed E-state index contributed by atoms with van der Waals surface area (Å²) >= 11 is 1.37. The van der Waals surface area contributed by atoms with Gasteiger partial charge in [-0.15, -0.1) is 0 Å². The van der Waals surface area contributed by atoms with E-state index in [1.165, 1.54) is 25.6 Å². The zero-order valence-electron chi connectivity index (χ0n) is 16.4. The van der Waals surface area contributed by atoms with Gasteiger partial charge in [-0.05, 0) is 31.2 Å². The van der Waals surface area contributed by atoms with Gasteiger partial charge in [0.1, 0.15) is 21.7 Å². The number of benzene rings is 2. The lowest BCUT2D eigenvalue weighted by Gasteiger charge is -2.10. The molecule has 3 aromatic rings. The number of nitrogens with zero attached hydrogens (tertiary/aromatic N) is 2. The molecule has 0 bridgehead atoms. The quantitative estimate of drug-likeness (QED) is 0.631. The maximum Gasteiger partial charge on any atom is 0.283 e. The first kappa shape index (κ1) is 19.8. The summed E-state index contributed by atoms with van der Waals surface area (Å²) in [5, 5.41) is 0. The second-order valence-corrected chi connectivity index (χ2v) is 6.71. The minimum atomic E-state index is -0.414. The third-order valence-electron chi connectivity index (χ3n) is 4.34. The van der Waals surface area contributed by atoms with Crippen LogP contribution in [0.4, 0.5) is 0 Å². The molecule has 0 unspecified atom stereocenters. The summed E-state index contributed by atoms with van der Waals surface area (Å²) in [5.74, 6) is 1.82. The Balaban J connectivity index is 2.24. The number of fused-ring (bicyclic) bond motifs is 1. The molecule has 0 aliphatic rings. The van der Waals surface area contributed by atoms with Gasteiger partial charge < -0.3 is 23.5 Å². The van der Waals surface area contributed by atoms with E-state index in [9.17, 15) is 4.79 Å². The molecule has 0 aliphatic carbocycles. The molecular formula is C20H22N2O5S. The van der Waals surface area contributed by atoms with Crippen molar-refractivity contribution in [2.24, 2.45) is 4.99 Å². The van der Waals surface area contributed by atoms with Gasteiger partial charge in [0.2, 0.25) is 0 Å². The average Bonchev–Trinajstić information content (AvgIpc) is 3.10. The van der Waals surface area contributed by atoms with Gasteiger partial charge in [0.15, 0.2) is 16.3 Å². The van der Waals surface area contributed by atoms with E-state index in [2.05, 4.69) is 4.99 Å². The van der Waals surface area contributed by atoms with E-state index >= 15 is 0 Å². The molecule has 0 fully saturated rings. The summed E-state index contributed by atoms with van der Waals surface area (Å²) in [4.78, 5) is 17.9. The van der Waals surface area contributed by atoms with Crippen molar-refractivity contribution >= 4 is 27.5 Å². The lowest BCUT2D eigenvalue weighted by atomic mass is 10.2. The van der Waals surface area contributed by atoms with E-state index in [4.69, 9.17) is 18.9 Å². The highest BCUT2D eigenvalue weighted by Crippen LogP contribution is 2.35. The van der Waals surface area contributed by atoms with Crippen LogP contribution in [0.15, 0.2) is 35.3 Å². The molecular weight excluding hydrogens is 380 g/mol. The van der Waals surface area contributed by atoms with Crippen LogP contribution in [0.3, 0.4) is 0 Å². The summed E-state index contributed by atoms with van der Waals surface area (Å²) in [7, 11) is 6.25. The SMILES string of the molecule is CCn1c(=NC(=O)c2cccc(OC)c2OC)sc2c(OC)ccc(OC)c21. The van der Waals surface area contributed by atoms with Crippen molar-refractivity contribution in [3.63, 3.8) is 0 Å². The Morgan fingerprint density at radius 2 is 1.64 bits per heavy atom. The highest BCUT2D eigenvalue weighted by Gasteiger charge is 2.19. The lowest BCUT2D eigenvalue weighted by Crippen LogP contribution is -2.16. The molecule has 3 rings (SSSR count). The van der Waals surface area contributed by atoms with Gasteiger partial charge in [-0.25, -0.2) is 0 Å². The maximum absolute atomic E-state index is 12.9. The number of hydrogen-bond donors (Lipinski definition) is 0. The molecule has 1 amide bonds. The molecule has 0 radical (unpaired) electrons. The Hall–Kier alpha value is -3.00. The molecule has 28 heavy (non-hydrogen) atoms. The fourth-order valence-electron chi connectivity index (χ4n) is 3.04. The minimum absolute atomic E-state index is 0.334. The Morgan fingerprint density at radius 3 is 2.25 bits per heavy atom. The van der Waals surface area contributed by atoms with Crippen LogP contribution >= 0.6 is 11.3 Å². The normalized spacial score (nSPS) is 11.5. The van der Waals surface area contributed by atoms with Crippen molar-refractivity contribution < 1.29 is 23.7 Å². The van der Waals surface area contributed by atoms with Gasteiger partial charge in [-0.3, -0.25) is 4.79 Å². The number of aryl methyl sites for hydroxylation is 1. The topological polar surface area (TPSA) is 71.3 Å². The Bertz CT molecular complexity index is 1080. The van der Waals surface area contributed by atoms with E-state index in [0.29, 0.717) is 39.9 Å². The largest absolute Gasteiger partial charge is 0.495 e. The number of carbonyl (C=O) groups excluding carboxylic acids is 1. The van der Waals surface area contributed by atoms with E-state index in [-0.39, 0.29) is 0 Å². The Labute approximate surface area is 166 Å². The smallest absolute Gasteiger partial charge is 0.283 e. The molecule has 1 heterocycles. The first-order valence-corrected chi connectivity index (χ1v) is 9.45. The summed E-state index contributed by atoms with van der Waals surface area (Å²) in [6.07, 6.45) is 0. The van der Waals surface area contributed by atoms with Crippen LogP contribution in [-0.2, 0) is 6.54 Å². The number of hydrogen-bond acceptors (Lipinski definition) is 6. The standard InChI is InChI=1S/C20H22N2O5S/c1-6-22-16-13(24-2)10-11-15(26-4)18(16)28-20(22)21-19(23)12-8-7-9-14(25-3)17(12)27-5/h7-11H,6H2,1-5H3. The van der Waals surface area contributed by atoms with Crippen LogP contribution in [0.2, 0.25) is 0 Å². The number of thiazole rings is 1. The van der Waals surface area contributed by atoms with Crippen LogP contribution in [0, 0.1) is 0 Å². The highest BCUT2D eigenvalue weighted by molar-refractivity contribution is 7.16. The summed E-state index contributed by atoms with van der Waals surface area (Å²) < 4.78 is 24.4. The van der Waals surface area contributed by atoms with Crippen molar-refractivity contribution in [3.05, 3.63) is 40.7 Å². The van der Waals surface area contributed by atoms with E-state index in [0.717, 1.165) is 10.2 Å². The second-order valence-electron chi connectivity index (χ2n) is 5.73. The molecule has 0 N–H and O–H groups in total. The fourth-order valence-corrected chi connectivity index (χ4v) is 4.24.